The van der Waals surface area contributed by atoms with Crippen molar-refractivity contribution in [1.29, 1.82) is 0 Å². The number of hydrogen-bond donors (Lipinski definition) is 2. The van der Waals surface area contributed by atoms with Gasteiger partial charge in [0.2, 0.25) is 0 Å². The summed E-state index contributed by atoms with van der Waals surface area (Å²) in [6, 6.07) is 6.14. The predicted octanol–water partition coefficient (Wildman–Crippen LogP) is 5.60. The number of alkyl halides is 3. The van der Waals surface area contributed by atoms with Gasteiger partial charge in [0.05, 0.1) is 11.4 Å². The number of carboxylic acid groups (broad SMARTS) is 1. The summed E-state index contributed by atoms with van der Waals surface area (Å²) in [4.78, 5) is 25.5. The first-order valence-electron chi connectivity index (χ1n) is 9.78. The van der Waals surface area contributed by atoms with E-state index in [0.717, 1.165) is 41.0 Å². The first-order chi connectivity index (χ1) is 15.1. The van der Waals surface area contributed by atoms with Crippen LogP contribution in [0.25, 0.3) is 10.9 Å². The zero-order valence-electron chi connectivity index (χ0n) is 18.1. The topological polar surface area (TPSA) is 88.8 Å². The highest BCUT2D eigenvalue weighted by molar-refractivity contribution is 6.05. The molecule has 2 N–H and O–H groups in total. The van der Waals surface area contributed by atoms with E-state index in [1.54, 1.807) is 20.8 Å². The molecule has 0 amide bonds. The number of carboxylic acids is 1. The number of aliphatic carboxylic acids is 1. The molecule has 1 aromatic heterocycles. The smallest absolute Gasteiger partial charge is 0.505 e. The highest BCUT2D eigenvalue weighted by Gasteiger charge is 2.38. The lowest BCUT2D eigenvalue weighted by Crippen LogP contribution is -2.27. The van der Waals surface area contributed by atoms with Crippen molar-refractivity contribution >= 4 is 22.8 Å². The molecule has 1 atom stereocenters. The third-order valence-corrected chi connectivity index (χ3v) is 5.26. The van der Waals surface area contributed by atoms with Gasteiger partial charge in [0, 0.05) is 22.7 Å². The lowest BCUT2D eigenvalue weighted by Gasteiger charge is -2.27. The molecule has 0 saturated heterocycles. The van der Waals surface area contributed by atoms with Gasteiger partial charge < -0.3 is 14.9 Å². The summed E-state index contributed by atoms with van der Waals surface area (Å²) < 4.78 is 56.3. The van der Waals surface area contributed by atoms with Crippen LogP contribution in [0.2, 0.25) is 0 Å². The van der Waals surface area contributed by atoms with Crippen molar-refractivity contribution < 1.29 is 42.1 Å². The number of benzene rings is 2. The quantitative estimate of drug-likeness (QED) is 0.488. The predicted molar refractivity (Wildman–Crippen MR) is 111 cm³/mol. The Morgan fingerprint density at radius 1 is 1.06 bits per heavy atom. The van der Waals surface area contributed by atoms with E-state index < -0.39 is 46.9 Å². The van der Waals surface area contributed by atoms with Crippen LogP contribution in [0.4, 0.5) is 17.6 Å². The number of ether oxygens (including phenoxy) is 1. The van der Waals surface area contributed by atoms with Crippen LogP contribution in [0.1, 0.15) is 48.3 Å². The van der Waals surface area contributed by atoms with E-state index in [1.165, 1.54) is 6.92 Å². The van der Waals surface area contributed by atoms with E-state index in [4.69, 9.17) is 0 Å². The number of phenols is 1. The number of nitrogens with zero attached hydrogens (tertiary/aromatic N) is 1. The standard InChI is InChI=1S/C23H21F4NO5/c1-11-18(19(21(31)32)22(2,3)4)14-9-17(29)15(24)10-16(14)28(11)20(30)12-5-7-13(8-6-12)33-23(25,26)27/h5-10,19,29H,1-4H3,(H,31,32). The van der Waals surface area contributed by atoms with Crippen LogP contribution in [-0.2, 0) is 4.79 Å². The maximum Gasteiger partial charge on any atom is 0.573 e. The number of hydrogen-bond acceptors (Lipinski definition) is 4. The van der Waals surface area contributed by atoms with Gasteiger partial charge in [0.15, 0.2) is 11.6 Å². The second-order valence-electron chi connectivity index (χ2n) is 8.67. The maximum absolute atomic E-state index is 14.2. The minimum absolute atomic E-state index is 0.0221. The Bertz CT molecular complexity index is 1240. The fraction of sp³-hybridized carbons (Fsp3) is 0.304. The van der Waals surface area contributed by atoms with Crippen molar-refractivity contribution in [3.63, 3.8) is 0 Å². The summed E-state index contributed by atoms with van der Waals surface area (Å²) in [5, 5.41) is 20.0. The number of fused-ring (bicyclic) bond motifs is 1. The van der Waals surface area contributed by atoms with E-state index in [2.05, 4.69) is 4.74 Å². The third kappa shape index (κ3) is 4.64. The van der Waals surface area contributed by atoms with Gasteiger partial charge in [-0.05, 0) is 48.2 Å². The van der Waals surface area contributed by atoms with Crippen LogP contribution in [-0.4, -0.2) is 33.0 Å². The fourth-order valence-electron chi connectivity index (χ4n) is 3.93. The van der Waals surface area contributed by atoms with Crippen molar-refractivity contribution in [2.24, 2.45) is 5.41 Å². The summed E-state index contributed by atoms with van der Waals surface area (Å²) in [5.41, 5.74) is -0.385. The number of aromatic nitrogens is 1. The molecule has 1 heterocycles. The molecule has 0 aliphatic carbocycles. The molecule has 1 unspecified atom stereocenters. The second-order valence-corrected chi connectivity index (χ2v) is 8.67. The van der Waals surface area contributed by atoms with E-state index >= 15 is 0 Å². The third-order valence-electron chi connectivity index (χ3n) is 5.26. The average Bonchev–Trinajstić information content (AvgIpc) is 2.91. The molecule has 6 nitrogen and oxygen atoms in total. The molecule has 33 heavy (non-hydrogen) atoms. The molecule has 0 aliphatic rings. The molecule has 0 bridgehead atoms. The number of phenolic OH excluding ortho intramolecular Hbond substituents is 1. The van der Waals surface area contributed by atoms with Gasteiger partial charge in [0.25, 0.3) is 5.91 Å². The van der Waals surface area contributed by atoms with E-state index in [0.29, 0.717) is 0 Å². The average molecular weight is 467 g/mol. The van der Waals surface area contributed by atoms with E-state index in [9.17, 15) is 37.4 Å². The van der Waals surface area contributed by atoms with Crippen LogP contribution in [0.15, 0.2) is 36.4 Å². The van der Waals surface area contributed by atoms with Crippen LogP contribution >= 0.6 is 0 Å². The summed E-state index contributed by atoms with van der Waals surface area (Å²) >= 11 is 0. The number of halogens is 4. The van der Waals surface area contributed by atoms with Gasteiger partial charge in [-0.25, -0.2) is 4.39 Å². The van der Waals surface area contributed by atoms with Gasteiger partial charge in [-0.2, -0.15) is 0 Å². The van der Waals surface area contributed by atoms with E-state index in [-0.39, 0.29) is 27.7 Å². The van der Waals surface area contributed by atoms with Crippen molar-refractivity contribution in [2.45, 2.75) is 40.0 Å². The molecule has 0 aliphatic heterocycles. The molecule has 2 aromatic carbocycles. The molecule has 3 aromatic rings. The summed E-state index contributed by atoms with van der Waals surface area (Å²) in [7, 11) is 0. The van der Waals surface area contributed by atoms with Crippen LogP contribution in [0, 0.1) is 18.2 Å². The summed E-state index contributed by atoms with van der Waals surface area (Å²) in [5.74, 6) is -5.25. The number of carbonyl (C=O) groups excluding carboxylic acids is 1. The Morgan fingerprint density at radius 2 is 1.64 bits per heavy atom. The summed E-state index contributed by atoms with van der Waals surface area (Å²) in [6.07, 6.45) is -4.90. The largest absolute Gasteiger partial charge is 0.573 e. The van der Waals surface area contributed by atoms with Gasteiger partial charge in [0.1, 0.15) is 5.75 Å². The Kier molecular flexibility index (Phi) is 5.91. The highest BCUT2D eigenvalue weighted by Crippen LogP contribution is 2.43. The zero-order valence-corrected chi connectivity index (χ0v) is 18.1. The van der Waals surface area contributed by atoms with Crippen molar-refractivity contribution in [1.82, 2.24) is 4.57 Å². The molecule has 176 valence electrons. The first kappa shape index (κ1) is 24.1. The molecule has 0 spiro atoms. The Balaban J connectivity index is 2.23. The highest BCUT2D eigenvalue weighted by atomic mass is 19.4. The molecule has 3 rings (SSSR count). The molecule has 0 radical (unpaired) electrons. The van der Waals surface area contributed by atoms with Crippen molar-refractivity contribution in [3.8, 4) is 11.5 Å². The summed E-state index contributed by atoms with van der Waals surface area (Å²) in [6.45, 7) is 6.57. The lowest BCUT2D eigenvalue weighted by molar-refractivity contribution is -0.274. The van der Waals surface area contributed by atoms with Crippen molar-refractivity contribution in [3.05, 3.63) is 59.0 Å². The normalized spacial score (nSPS) is 13.2. The number of rotatable bonds is 4. The Labute approximate surface area is 186 Å². The molecule has 0 fully saturated rings. The maximum atomic E-state index is 14.2. The Hall–Kier alpha value is -3.56. The number of aromatic hydroxyl groups is 1. The monoisotopic (exact) mass is 467 g/mol. The molecule has 0 saturated carbocycles. The minimum atomic E-state index is -4.90. The van der Waals surface area contributed by atoms with Crippen LogP contribution in [0.5, 0.6) is 11.5 Å². The molecular formula is C23H21F4NO5. The number of carbonyl (C=O) groups is 2. The zero-order chi connectivity index (χ0) is 24.9. The van der Waals surface area contributed by atoms with Gasteiger partial charge in [-0.15, -0.1) is 13.2 Å². The SMILES string of the molecule is Cc1c(C(C(=O)O)C(C)(C)C)c2cc(O)c(F)cc2n1C(=O)c1ccc(OC(F)(F)F)cc1. The Morgan fingerprint density at radius 3 is 2.12 bits per heavy atom. The minimum Gasteiger partial charge on any atom is -0.505 e. The lowest BCUT2D eigenvalue weighted by atomic mass is 9.75. The van der Waals surface area contributed by atoms with Gasteiger partial charge in [-0.1, -0.05) is 20.8 Å². The first-order valence-corrected chi connectivity index (χ1v) is 9.78. The van der Waals surface area contributed by atoms with Crippen molar-refractivity contribution in [2.75, 3.05) is 0 Å². The molecule has 10 heteroatoms. The second kappa shape index (κ2) is 8.09. The van der Waals surface area contributed by atoms with Crippen LogP contribution in [0.3, 0.4) is 0 Å². The van der Waals surface area contributed by atoms with Gasteiger partial charge in [-0.3, -0.25) is 14.2 Å². The van der Waals surface area contributed by atoms with Gasteiger partial charge >= 0.3 is 12.3 Å². The molecular weight excluding hydrogens is 446 g/mol. The fourth-order valence-corrected chi connectivity index (χ4v) is 3.93. The van der Waals surface area contributed by atoms with Crippen LogP contribution < -0.4 is 4.74 Å². The van der Waals surface area contributed by atoms with E-state index in [1.807, 2.05) is 0 Å².